The molecule has 98 valence electrons. The second-order valence-electron chi connectivity index (χ2n) is 4.64. The molecule has 0 aromatic heterocycles. The summed E-state index contributed by atoms with van der Waals surface area (Å²) in [5, 5.41) is 18.5. The molecule has 4 N–H and O–H groups in total. The zero-order chi connectivity index (χ0) is 13.1. The third-order valence-corrected chi connectivity index (χ3v) is 3.48. The first kappa shape index (κ1) is 12.9. The number of nitrogens with two attached hydrogens (primary N) is 1. The molecule has 0 aliphatic carbocycles. The predicted molar refractivity (Wildman–Crippen MR) is 68.3 cm³/mol. The Kier molecular flexibility index (Phi) is 3.84. The summed E-state index contributed by atoms with van der Waals surface area (Å²) in [4.78, 5) is 13.3. The standard InChI is InChI=1S/C13H18N2O3/c14-11-5-1-3-9(12(11)13(17)18)7-15-6-2-4-10(15)8-16/h1,3,5,10,16H,2,4,6-8,14H2,(H,17,18). The van der Waals surface area contributed by atoms with Gasteiger partial charge >= 0.3 is 5.97 Å². The highest BCUT2D eigenvalue weighted by Gasteiger charge is 2.25. The molecule has 1 unspecified atom stereocenters. The van der Waals surface area contributed by atoms with Crippen molar-refractivity contribution in [1.29, 1.82) is 0 Å². The Labute approximate surface area is 106 Å². The second-order valence-corrected chi connectivity index (χ2v) is 4.64. The number of benzene rings is 1. The topological polar surface area (TPSA) is 86.8 Å². The third-order valence-electron chi connectivity index (χ3n) is 3.48. The fraction of sp³-hybridized carbons (Fsp3) is 0.462. The number of hydrogen-bond donors (Lipinski definition) is 3. The number of carboxylic acid groups (broad SMARTS) is 1. The molecule has 0 saturated carbocycles. The highest BCUT2D eigenvalue weighted by atomic mass is 16.4. The number of aliphatic hydroxyl groups is 1. The van der Waals surface area contributed by atoms with Crippen molar-refractivity contribution < 1.29 is 15.0 Å². The van der Waals surface area contributed by atoms with Gasteiger partial charge in [-0.25, -0.2) is 4.79 Å². The first-order valence-corrected chi connectivity index (χ1v) is 6.09. The largest absolute Gasteiger partial charge is 0.478 e. The number of likely N-dealkylation sites (tertiary alicyclic amines) is 1. The van der Waals surface area contributed by atoms with Crippen LogP contribution in [-0.4, -0.2) is 40.3 Å². The Bertz CT molecular complexity index is 448. The lowest BCUT2D eigenvalue weighted by Gasteiger charge is -2.23. The highest BCUT2D eigenvalue weighted by molar-refractivity contribution is 5.95. The Hall–Kier alpha value is -1.59. The van der Waals surface area contributed by atoms with Crippen LogP contribution >= 0.6 is 0 Å². The number of rotatable bonds is 4. The van der Waals surface area contributed by atoms with Crippen LogP contribution < -0.4 is 5.73 Å². The van der Waals surface area contributed by atoms with Crippen LogP contribution in [0.15, 0.2) is 18.2 Å². The molecule has 1 aliphatic heterocycles. The van der Waals surface area contributed by atoms with E-state index >= 15 is 0 Å². The minimum absolute atomic E-state index is 0.116. The van der Waals surface area contributed by atoms with E-state index in [0.29, 0.717) is 17.8 Å². The minimum atomic E-state index is -0.997. The fourth-order valence-electron chi connectivity index (χ4n) is 2.54. The molecule has 1 aromatic carbocycles. The van der Waals surface area contributed by atoms with Crippen LogP contribution in [-0.2, 0) is 6.54 Å². The summed E-state index contributed by atoms with van der Waals surface area (Å²) < 4.78 is 0. The van der Waals surface area contributed by atoms with Crippen molar-refractivity contribution in [3.8, 4) is 0 Å². The summed E-state index contributed by atoms with van der Waals surface area (Å²) in [5.41, 5.74) is 6.90. The molecule has 2 rings (SSSR count). The van der Waals surface area contributed by atoms with Crippen LogP contribution in [0, 0.1) is 0 Å². The average molecular weight is 250 g/mol. The fourth-order valence-corrected chi connectivity index (χ4v) is 2.54. The van der Waals surface area contributed by atoms with Crippen LogP contribution in [0.4, 0.5) is 5.69 Å². The highest BCUT2D eigenvalue weighted by Crippen LogP contribution is 2.23. The number of aromatic carboxylic acids is 1. The van der Waals surface area contributed by atoms with Gasteiger partial charge in [0.25, 0.3) is 0 Å². The van der Waals surface area contributed by atoms with E-state index in [1.807, 2.05) is 0 Å². The Morgan fingerprint density at radius 1 is 1.50 bits per heavy atom. The van der Waals surface area contributed by atoms with Crippen LogP contribution in [0.1, 0.15) is 28.8 Å². The van der Waals surface area contributed by atoms with E-state index in [1.165, 1.54) is 0 Å². The van der Waals surface area contributed by atoms with Crippen molar-refractivity contribution in [2.24, 2.45) is 0 Å². The third kappa shape index (κ3) is 2.47. The number of nitrogen functional groups attached to an aromatic ring is 1. The zero-order valence-electron chi connectivity index (χ0n) is 10.2. The van der Waals surface area contributed by atoms with E-state index in [-0.39, 0.29) is 18.2 Å². The second kappa shape index (κ2) is 5.37. The minimum Gasteiger partial charge on any atom is -0.478 e. The maximum absolute atomic E-state index is 11.2. The lowest BCUT2D eigenvalue weighted by atomic mass is 10.0. The van der Waals surface area contributed by atoms with E-state index in [9.17, 15) is 15.0 Å². The summed E-state index contributed by atoms with van der Waals surface area (Å²) in [5.74, 6) is -0.997. The Balaban J connectivity index is 2.23. The van der Waals surface area contributed by atoms with E-state index < -0.39 is 5.97 Å². The molecule has 0 radical (unpaired) electrons. The molecule has 1 saturated heterocycles. The molecule has 18 heavy (non-hydrogen) atoms. The molecule has 1 heterocycles. The number of aliphatic hydroxyl groups excluding tert-OH is 1. The smallest absolute Gasteiger partial charge is 0.338 e. The van der Waals surface area contributed by atoms with Gasteiger partial charge in [0.1, 0.15) is 0 Å². The van der Waals surface area contributed by atoms with E-state index in [1.54, 1.807) is 18.2 Å². The Morgan fingerprint density at radius 3 is 2.94 bits per heavy atom. The molecule has 0 amide bonds. The first-order valence-electron chi connectivity index (χ1n) is 6.09. The van der Waals surface area contributed by atoms with Crippen molar-refractivity contribution in [2.45, 2.75) is 25.4 Å². The van der Waals surface area contributed by atoms with Gasteiger partial charge in [0, 0.05) is 18.3 Å². The first-order chi connectivity index (χ1) is 8.63. The predicted octanol–water partition coefficient (Wildman–Crippen LogP) is 0.924. The van der Waals surface area contributed by atoms with E-state index in [2.05, 4.69) is 4.90 Å². The molecule has 1 atom stereocenters. The van der Waals surface area contributed by atoms with Crippen LogP contribution in [0.5, 0.6) is 0 Å². The van der Waals surface area contributed by atoms with Crippen LogP contribution in [0.25, 0.3) is 0 Å². The normalized spacial score (nSPS) is 20.2. The zero-order valence-corrected chi connectivity index (χ0v) is 10.2. The summed E-state index contributed by atoms with van der Waals surface area (Å²) >= 11 is 0. The number of nitrogens with zero attached hydrogens (tertiary/aromatic N) is 1. The number of anilines is 1. The molecule has 1 fully saturated rings. The lowest BCUT2D eigenvalue weighted by molar-refractivity contribution is 0.0695. The average Bonchev–Trinajstić information content (AvgIpc) is 2.76. The lowest BCUT2D eigenvalue weighted by Crippen LogP contribution is -2.32. The number of hydrogen-bond acceptors (Lipinski definition) is 4. The van der Waals surface area contributed by atoms with Crippen molar-refractivity contribution >= 4 is 11.7 Å². The van der Waals surface area contributed by atoms with Gasteiger partial charge in [0.15, 0.2) is 0 Å². The summed E-state index contributed by atoms with van der Waals surface area (Å²) in [6.07, 6.45) is 2.00. The van der Waals surface area contributed by atoms with Crippen LogP contribution in [0.3, 0.4) is 0 Å². The van der Waals surface area contributed by atoms with Gasteiger partial charge < -0.3 is 15.9 Å². The number of carboxylic acids is 1. The van der Waals surface area contributed by atoms with Gasteiger partial charge in [0.05, 0.1) is 12.2 Å². The molecule has 5 heteroatoms. The van der Waals surface area contributed by atoms with Crippen LogP contribution in [0.2, 0.25) is 0 Å². The van der Waals surface area contributed by atoms with Gasteiger partial charge in [-0.3, -0.25) is 4.90 Å². The van der Waals surface area contributed by atoms with E-state index in [0.717, 1.165) is 19.4 Å². The summed E-state index contributed by atoms with van der Waals surface area (Å²) in [7, 11) is 0. The van der Waals surface area contributed by atoms with Crippen molar-refractivity contribution in [1.82, 2.24) is 4.90 Å². The van der Waals surface area contributed by atoms with Crippen molar-refractivity contribution in [2.75, 3.05) is 18.9 Å². The van der Waals surface area contributed by atoms with Gasteiger partial charge in [0.2, 0.25) is 0 Å². The summed E-state index contributed by atoms with van der Waals surface area (Å²) in [6, 6.07) is 5.28. The monoisotopic (exact) mass is 250 g/mol. The summed E-state index contributed by atoms with van der Waals surface area (Å²) in [6.45, 7) is 1.53. The molecular weight excluding hydrogens is 232 g/mol. The SMILES string of the molecule is Nc1cccc(CN2CCCC2CO)c1C(=O)O. The molecule has 1 aliphatic rings. The Morgan fingerprint density at radius 2 is 2.28 bits per heavy atom. The molecule has 0 spiro atoms. The molecular formula is C13H18N2O3. The quantitative estimate of drug-likeness (QED) is 0.692. The molecule has 0 bridgehead atoms. The van der Waals surface area contributed by atoms with Crippen molar-refractivity contribution in [3.05, 3.63) is 29.3 Å². The molecule has 1 aromatic rings. The van der Waals surface area contributed by atoms with Gasteiger partial charge in [-0.05, 0) is 31.0 Å². The van der Waals surface area contributed by atoms with E-state index in [4.69, 9.17) is 5.73 Å². The maximum Gasteiger partial charge on any atom is 0.338 e. The maximum atomic E-state index is 11.2. The van der Waals surface area contributed by atoms with Gasteiger partial charge in [-0.2, -0.15) is 0 Å². The van der Waals surface area contributed by atoms with Gasteiger partial charge in [-0.15, -0.1) is 0 Å². The molecule has 5 nitrogen and oxygen atoms in total. The van der Waals surface area contributed by atoms with Crippen molar-refractivity contribution in [3.63, 3.8) is 0 Å². The van der Waals surface area contributed by atoms with Gasteiger partial charge in [-0.1, -0.05) is 12.1 Å². The number of carbonyl (C=O) groups is 1.